The first-order valence-electron chi connectivity index (χ1n) is 18.4. The molecule has 3 N–H and O–H groups in total. The minimum atomic E-state index is -2.85. The van der Waals surface area contributed by atoms with Crippen LogP contribution >= 0.6 is 0 Å². The Morgan fingerprint density at radius 2 is 1.61 bits per heavy atom. The Balaban J connectivity index is 1.09. The number of hydrogen-bond acceptors (Lipinski definition) is 5. The van der Waals surface area contributed by atoms with Crippen LogP contribution in [0.3, 0.4) is 0 Å². The molecule has 9 atom stereocenters. The maximum absolute atomic E-state index is 11.9. The van der Waals surface area contributed by atoms with Gasteiger partial charge in [0.1, 0.15) is 0 Å². The first-order chi connectivity index (χ1) is 21.7. The zero-order chi connectivity index (χ0) is 32.8. The van der Waals surface area contributed by atoms with Crippen molar-refractivity contribution in [2.45, 2.75) is 117 Å². The minimum Gasteiger partial charge on any atom is -0.478 e. The molecule has 6 nitrogen and oxygen atoms in total. The molecule has 6 aliphatic rings. The van der Waals surface area contributed by atoms with E-state index in [0.29, 0.717) is 39.7 Å². The lowest BCUT2D eigenvalue weighted by molar-refractivity contribution is -0.216. The molecule has 1 saturated heterocycles. The Morgan fingerprint density at radius 1 is 0.848 bits per heavy atom. The van der Waals surface area contributed by atoms with E-state index in [4.69, 9.17) is 0 Å². The summed E-state index contributed by atoms with van der Waals surface area (Å²) >= 11 is 0. The van der Waals surface area contributed by atoms with Crippen LogP contribution in [0.5, 0.6) is 0 Å². The van der Waals surface area contributed by atoms with Crippen molar-refractivity contribution in [2.24, 2.45) is 45.3 Å². The van der Waals surface area contributed by atoms with Gasteiger partial charge in [-0.15, -0.1) is 0 Å². The van der Waals surface area contributed by atoms with Gasteiger partial charge in [-0.2, -0.15) is 0 Å². The molecule has 7 heteroatoms. The van der Waals surface area contributed by atoms with Gasteiger partial charge in [-0.1, -0.05) is 59.2 Å². The highest BCUT2D eigenvalue weighted by Crippen LogP contribution is 2.76. The number of nitrogens with one attached hydrogen (secondary N) is 2. The van der Waals surface area contributed by atoms with Crippen LogP contribution in [0.15, 0.2) is 30.3 Å². The third-order valence-corrected chi connectivity index (χ3v) is 17.4. The van der Waals surface area contributed by atoms with E-state index in [1.54, 1.807) is 12.1 Å². The van der Waals surface area contributed by atoms with Crippen LogP contribution < -0.4 is 10.6 Å². The Labute approximate surface area is 277 Å². The molecule has 1 aromatic carbocycles. The van der Waals surface area contributed by atoms with E-state index in [0.717, 1.165) is 37.8 Å². The van der Waals surface area contributed by atoms with Crippen molar-refractivity contribution in [3.8, 4) is 0 Å². The van der Waals surface area contributed by atoms with Crippen LogP contribution in [0, 0.1) is 45.3 Å². The number of carbonyl (C=O) groups is 1. The van der Waals surface area contributed by atoms with Gasteiger partial charge in [0, 0.05) is 24.7 Å². The van der Waals surface area contributed by atoms with Gasteiger partial charge in [0.25, 0.3) is 0 Å². The van der Waals surface area contributed by atoms with Crippen molar-refractivity contribution in [2.75, 3.05) is 24.6 Å². The summed E-state index contributed by atoms with van der Waals surface area (Å²) in [5.74, 6) is 2.59. The molecule has 46 heavy (non-hydrogen) atoms. The summed E-state index contributed by atoms with van der Waals surface area (Å²) in [5.41, 5.74) is 4.16. The lowest BCUT2D eigenvalue weighted by Crippen LogP contribution is -2.67. The van der Waals surface area contributed by atoms with E-state index < -0.39 is 15.8 Å². The van der Waals surface area contributed by atoms with Gasteiger partial charge in [-0.05, 0) is 133 Å². The second kappa shape index (κ2) is 11.2. The third kappa shape index (κ3) is 4.90. The quantitative estimate of drug-likeness (QED) is 0.267. The van der Waals surface area contributed by atoms with Gasteiger partial charge >= 0.3 is 5.97 Å². The molecule has 0 radical (unpaired) electrons. The maximum Gasteiger partial charge on any atom is 0.335 e. The van der Waals surface area contributed by atoms with Crippen molar-refractivity contribution in [1.29, 1.82) is 0 Å². The minimum absolute atomic E-state index is 0.0324. The molecule has 0 bridgehead atoms. The molecule has 0 aromatic heterocycles. The van der Waals surface area contributed by atoms with E-state index in [9.17, 15) is 18.3 Å². The monoisotopic (exact) mass is 650 g/mol. The maximum atomic E-state index is 11.9. The molecular formula is C39H58N2O4S. The predicted molar refractivity (Wildman–Crippen MR) is 185 cm³/mol. The zero-order valence-corrected chi connectivity index (χ0v) is 29.8. The van der Waals surface area contributed by atoms with E-state index in [1.807, 2.05) is 12.1 Å². The standard InChI is InChI=1S/C39H58N2O4S/c1-35(2)29(26-8-10-27(11-9-26)34(42)43)14-18-36(3)32(35)15-19-38(5)33(36)13-12-30-31-7-6-17-39(31,21-20-37(30,38)4)41-23-22-40-28-16-24-46(44,45)25-28/h8-11,14,28,30-33,40-41H,6-7,12-13,15-25H2,1-5H3,(H,42,43)/t28?,30-,31?,32?,33?,36+,37-,38-,39+/m1/s1. The molecule has 0 amide bonds. The molecule has 5 fully saturated rings. The number of allylic oxidation sites excluding steroid dienone is 2. The largest absolute Gasteiger partial charge is 0.478 e. The van der Waals surface area contributed by atoms with Crippen LogP contribution in [0.4, 0.5) is 0 Å². The second-order valence-electron chi connectivity index (χ2n) is 17.7. The van der Waals surface area contributed by atoms with Crippen molar-refractivity contribution in [3.63, 3.8) is 0 Å². The summed E-state index contributed by atoms with van der Waals surface area (Å²) in [4.78, 5) is 11.5. The summed E-state index contributed by atoms with van der Waals surface area (Å²) in [6.07, 6.45) is 16.2. The number of fused-ring (bicyclic) bond motifs is 7. The Morgan fingerprint density at radius 3 is 2.30 bits per heavy atom. The van der Waals surface area contributed by atoms with Crippen molar-refractivity contribution >= 4 is 21.4 Å². The molecule has 1 aliphatic heterocycles. The van der Waals surface area contributed by atoms with Gasteiger partial charge in [0.15, 0.2) is 9.84 Å². The molecule has 5 aliphatic carbocycles. The summed E-state index contributed by atoms with van der Waals surface area (Å²) < 4.78 is 23.8. The zero-order valence-electron chi connectivity index (χ0n) is 29.0. The SMILES string of the molecule is CC1(C)C(c2ccc(C(=O)O)cc2)=CC[C@@]2(C)C1CC[C@]1(C)C2CC[C@@H]2C3CCC[C@]3(NCCNC3CCS(=O)(=O)C3)CC[C@]21C. The smallest absolute Gasteiger partial charge is 0.335 e. The fourth-order valence-corrected chi connectivity index (χ4v) is 15.0. The number of aromatic carboxylic acids is 1. The highest BCUT2D eigenvalue weighted by atomic mass is 32.2. The van der Waals surface area contributed by atoms with Crippen LogP contribution in [0.25, 0.3) is 5.57 Å². The number of rotatable bonds is 7. The Kier molecular flexibility index (Phi) is 7.97. The summed E-state index contributed by atoms with van der Waals surface area (Å²) in [5, 5.41) is 17.1. The number of carboxylic acid groups (broad SMARTS) is 1. The van der Waals surface area contributed by atoms with Crippen LogP contribution in [0.2, 0.25) is 0 Å². The van der Waals surface area contributed by atoms with Gasteiger partial charge in [-0.3, -0.25) is 0 Å². The molecule has 1 heterocycles. The first kappa shape index (κ1) is 32.8. The van der Waals surface area contributed by atoms with Crippen LogP contribution in [0.1, 0.15) is 121 Å². The van der Waals surface area contributed by atoms with Crippen LogP contribution in [-0.4, -0.2) is 55.7 Å². The van der Waals surface area contributed by atoms with Crippen molar-refractivity contribution < 1.29 is 18.3 Å². The molecule has 254 valence electrons. The third-order valence-electron chi connectivity index (χ3n) is 15.6. The molecule has 0 spiro atoms. The van der Waals surface area contributed by atoms with E-state index in [-0.39, 0.29) is 22.4 Å². The predicted octanol–water partition coefficient (Wildman–Crippen LogP) is 7.35. The van der Waals surface area contributed by atoms with Crippen molar-refractivity contribution in [3.05, 3.63) is 41.5 Å². The molecule has 1 aromatic rings. The molecular weight excluding hydrogens is 593 g/mol. The highest BCUT2D eigenvalue weighted by molar-refractivity contribution is 7.91. The summed E-state index contributed by atoms with van der Waals surface area (Å²) in [6.45, 7) is 14.8. The van der Waals surface area contributed by atoms with Gasteiger partial charge in [-0.25, -0.2) is 13.2 Å². The number of carboxylic acids is 1. The average molecular weight is 651 g/mol. The van der Waals surface area contributed by atoms with Gasteiger partial charge in [0.2, 0.25) is 0 Å². The molecule has 4 saturated carbocycles. The van der Waals surface area contributed by atoms with E-state index >= 15 is 0 Å². The van der Waals surface area contributed by atoms with E-state index in [2.05, 4.69) is 51.3 Å². The van der Waals surface area contributed by atoms with Gasteiger partial charge < -0.3 is 15.7 Å². The van der Waals surface area contributed by atoms with E-state index in [1.165, 1.54) is 68.9 Å². The average Bonchev–Trinajstić information content (AvgIpc) is 3.58. The lowest BCUT2D eigenvalue weighted by Gasteiger charge is -2.72. The molecule has 7 rings (SSSR count). The molecule has 4 unspecified atom stereocenters. The lowest BCUT2D eigenvalue weighted by atomic mass is 9.33. The number of sulfone groups is 1. The van der Waals surface area contributed by atoms with Crippen LogP contribution in [-0.2, 0) is 9.84 Å². The fourth-order valence-electron chi connectivity index (χ4n) is 13.3. The Hall–Kier alpha value is -1.70. The second-order valence-corrected chi connectivity index (χ2v) is 20.0. The number of hydrogen-bond donors (Lipinski definition) is 3. The summed E-state index contributed by atoms with van der Waals surface area (Å²) in [7, 11) is -2.85. The first-order valence-corrected chi connectivity index (χ1v) is 20.2. The normalized spacial score (nSPS) is 43.9. The summed E-state index contributed by atoms with van der Waals surface area (Å²) in [6, 6.07) is 7.71. The highest BCUT2D eigenvalue weighted by Gasteiger charge is 2.69. The number of benzene rings is 1. The fraction of sp³-hybridized carbons (Fsp3) is 0.769. The Bertz CT molecular complexity index is 1500. The van der Waals surface area contributed by atoms with Crippen molar-refractivity contribution in [1.82, 2.24) is 10.6 Å². The topological polar surface area (TPSA) is 95.5 Å². The van der Waals surface area contributed by atoms with Gasteiger partial charge in [0.05, 0.1) is 17.1 Å².